The normalized spacial score (nSPS) is 18.3. The fourth-order valence-corrected chi connectivity index (χ4v) is 3.04. The SMILES string of the molecule is C(CC1CCNCC1)CC1CCNCC1.CCC(=O)O.CCC(=O)O. The van der Waals surface area contributed by atoms with Crippen LogP contribution >= 0.6 is 0 Å². The van der Waals surface area contributed by atoms with Crippen molar-refractivity contribution in [2.24, 2.45) is 11.8 Å². The molecule has 0 radical (unpaired) electrons. The third-order valence-corrected chi connectivity index (χ3v) is 4.75. The maximum absolute atomic E-state index is 9.37. The van der Waals surface area contributed by atoms with Crippen LogP contribution in [0.4, 0.5) is 0 Å². The van der Waals surface area contributed by atoms with Gasteiger partial charge in [0.1, 0.15) is 0 Å². The van der Waals surface area contributed by atoms with E-state index in [2.05, 4.69) is 10.6 Å². The maximum atomic E-state index is 9.37. The fraction of sp³-hybridized carbons (Fsp3) is 0.895. The Kier molecular flexibility index (Phi) is 15.6. The van der Waals surface area contributed by atoms with Gasteiger partial charge in [-0.2, -0.15) is 0 Å². The molecule has 2 fully saturated rings. The summed E-state index contributed by atoms with van der Waals surface area (Å²) >= 11 is 0. The second kappa shape index (κ2) is 16.3. The summed E-state index contributed by atoms with van der Waals surface area (Å²) in [6.07, 6.45) is 10.6. The molecule has 0 aromatic rings. The summed E-state index contributed by atoms with van der Waals surface area (Å²) in [5.41, 5.74) is 0. The lowest BCUT2D eigenvalue weighted by atomic mass is 9.87. The second-order valence-electron chi connectivity index (χ2n) is 6.81. The summed E-state index contributed by atoms with van der Waals surface area (Å²) in [5.74, 6) is 0.580. The predicted molar refractivity (Wildman–Crippen MR) is 101 cm³/mol. The molecule has 0 aromatic heterocycles. The Hall–Kier alpha value is -1.14. The number of piperidine rings is 2. The molecule has 4 N–H and O–H groups in total. The third-order valence-electron chi connectivity index (χ3n) is 4.75. The molecule has 0 aromatic carbocycles. The number of nitrogens with one attached hydrogen (secondary N) is 2. The van der Waals surface area contributed by atoms with Crippen LogP contribution in [0.1, 0.15) is 71.6 Å². The van der Waals surface area contributed by atoms with Crippen LogP contribution in [0.25, 0.3) is 0 Å². The van der Waals surface area contributed by atoms with Crippen LogP contribution in [0, 0.1) is 11.8 Å². The molecule has 0 spiro atoms. The topological polar surface area (TPSA) is 98.7 Å². The molecule has 0 aliphatic carbocycles. The van der Waals surface area contributed by atoms with Gasteiger partial charge in [-0.3, -0.25) is 9.59 Å². The summed E-state index contributed by atoms with van der Waals surface area (Å²) in [6.45, 7) is 8.25. The molecular weight excluding hydrogens is 320 g/mol. The van der Waals surface area contributed by atoms with Crippen molar-refractivity contribution in [1.82, 2.24) is 10.6 Å². The fourth-order valence-electron chi connectivity index (χ4n) is 3.04. The smallest absolute Gasteiger partial charge is 0.303 e. The van der Waals surface area contributed by atoms with Gasteiger partial charge in [0.15, 0.2) is 0 Å². The molecule has 0 unspecified atom stereocenters. The zero-order chi connectivity index (χ0) is 18.9. The first-order valence-electron chi connectivity index (χ1n) is 9.84. The monoisotopic (exact) mass is 358 g/mol. The molecule has 0 bridgehead atoms. The molecule has 6 heteroatoms. The van der Waals surface area contributed by atoms with Gasteiger partial charge in [-0.15, -0.1) is 0 Å². The molecule has 2 aliphatic rings. The minimum Gasteiger partial charge on any atom is -0.481 e. The van der Waals surface area contributed by atoms with Gasteiger partial charge in [-0.1, -0.05) is 33.1 Å². The van der Waals surface area contributed by atoms with Crippen molar-refractivity contribution >= 4 is 11.9 Å². The lowest BCUT2D eigenvalue weighted by Gasteiger charge is -2.25. The summed E-state index contributed by atoms with van der Waals surface area (Å²) in [7, 11) is 0. The number of hydrogen-bond acceptors (Lipinski definition) is 4. The van der Waals surface area contributed by atoms with Gasteiger partial charge in [0.2, 0.25) is 0 Å². The molecule has 2 heterocycles. The lowest BCUT2D eigenvalue weighted by molar-refractivity contribution is -0.137. The van der Waals surface area contributed by atoms with Gasteiger partial charge in [0, 0.05) is 12.8 Å². The van der Waals surface area contributed by atoms with Crippen LogP contribution < -0.4 is 10.6 Å². The zero-order valence-corrected chi connectivity index (χ0v) is 16.1. The highest BCUT2D eigenvalue weighted by atomic mass is 16.4. The van der Waals surface area contributed by atoms with Gasteiger partial charge in [0.25, 0.3) is 0 Å². The molecular formula is C19H38N2O4. The van der Waals surface area contributed by atoms with Crippen molar-refractivity contribution in [3.63, 3.8) is 0 Å². The zero-order valence-electron chi connectivity index (χ0n) is 16.1. The molecule has 148 valence electrons. The van der Waals surface area contributed by atoms with E-state index in [4.69, 9.17) is 10.2 Å². The minimum atomic E-state index is -0.745. The number of carboxylic acids is 2. The van der Waals surface area contributed by atoms with Crippen molar-refractivity contribution < 1.29 is 19.8 Å². The van der Waals surface area contributed by atoms with E-state index in [1.807, 2.05) is 0 Å². The Balaban J connectivity index is 0.000000480. The molecule has 0 saturated carbocycles. The van der Waals surface area contributed by atoms with E-state index in [0.29, 0.717) is 0 Å². The van der Waals surface area contributed by atoms with Gasteiger partial charge < -0.3 is 20.8 Å². The third kappa shape index (κ3) is 16.1. The number of rotatable bonds is 6. The van der Waals surface area contributed by atoms with Gasteiger partial charge in [-0.25, -0.2) is 0 Å². The number of carbonyl (C=O) groups is 2. The lowest BCUT2D eigenvalue weighted by Crippen LogP contribution is -2.29. The summed E-state index contributed by atoms with van der Waals surface area (Å²) in [5, 5.41) is 22.3. The Bertz CT molecular complexity index is 306. The summed E-state index contributed by atoms with van der Waals surface area (Å²) in [6, 6.07) is 0. The first kappa shape index (κ1) is 23.9. The Morgan fingerprint density at radius 1 is 0.760 bits per heavy atom. The van der Waals surface area contributed by atoms with E-state index >= 15 is 0 Å². The second-order valence-corrected chi connectivity index (χ2v) is 6.81. The van der Waals surface area contributed by atoms with Gasteiger partial charge >= 0.3 is 11.9 Å². The van der Waals surface area contributed by atoms with E-state index in [1.165, 1.54) is 71.1 Å². The summed E-state index contributed by atoms with van der Waals surface area (Å²) in [4.78, 5) is 18.7. The summed E-state index contributed by atoms with van der Waals surface area (Å²) < 4.78 is 0. The Morgan fingerprint density at radius 3 is 1.28 bits per heavy atom. The highest BCUT2D eigenvalue weighted by molar-refractivity contribution is 5.66. The number of carboxylic acid groups (broad SMARTS) is 2. The average Bonchev–Trinajstić information content (AvgIpc) is 2.64. The van der Waals surface area contributed by atoms with Crippen molar-refractivity contribution in [2.75, 3.05) is 26.2 Å². The van der Waals surface area contributed by atoms with Crippen LogP contribution in [0.15, 0.2) is 0 Å². The first-order valence-corrected chi connectivity index (χ1v) is 9.84. The van der Waals surface area contributed by atoms with E-state index < -0.39 is 11.9 Å². The minimum absolute atomic E-state index is 0.222. The molecule has 6 nitrogen and oxygen atoms in total. The predicted octanol–water partition coefficient (Wildman–Crippen LogP) is 3.12. The van der Waals surface area contributed by atoms with Gasteiger partial charge in [-0.05, 0) is 63.7 Å². The highest BCUT2D eigenvalue weighted by Gasteiger charge is 2.15. The molecule has 0 atom stereocenters. The number of hydrogen-bond donors (Lipinski definition) is 4. The molecule has 2 rings (SSSR count). The highest BCUT2D eigenvalue weighted by Crippen LogP contribution is 2.23. The molecule has 0 amide bonds. The van der Waals surface area contributed by atoms with Crippen molar-refractivity contribution in [1.29, 1.82) is 0 Å². The van der Waals surface area contributed by atoms with Crippen LogP contribution in [0.5, 0.6) is 0 Å². The molecule has 25 heavy (non-hydrogen) atoms. The van der Waals surface area contributed by atoms with Crippen LogP contribution in [-0.4, -0.2) is 48.3 Å². The molecule has 2 aliphatic heterocycles. The number of aliphatic carboxylic acids is 2. The van der Waals surface area contributed by atoms with Crippen molar-refractivity contribution in [3.8, 4) is 0 Å². The largest absolute Gasteiger partial charge is 0.481 e. The van der Waals surface area contributed by atoms with Crippen LogP contribution in [0.2, 0.25) is 0 Å². The Morgan fingerprint density at radius 2 is 1.04 bits per heavy atom. The molecule has 2 saturated heterocycles. The van der Waals surface area contributed by atoms with E-state index in [0.717, 1.165) is 11.8 Å². The standard InChI is InChI=1S/C13H26N2.2C3H6O2/c1(2-12-4-8-14-9-5-12)3-13-6-10-15-11-7-13;2*1-2-3(4)5/h12-15H,1-11H2;2*2H2,1H3,(H,4,5). The average molecular weight is 359 g/mol. The van der Waals surface area contributed by atoms with E-state index in [1.54, 1.807) is 13.8 Å². The van der Waals surface area contributed by atoms with Crippen molar-refractivity contribution in [3.05, 3.63) is 0 Å². The van der Waals surface area contributed by atoms with E-state index in [9.17, 15) is 9.59 Å². The quantitative estimate of drug-likeness (QED) is 0.582. The van der Waals surface area contributed by atoms with E-state index in [-0.39, 0.29) is 12.8 Å². The first-order chi connectivity index (χ1) is 12.0. The van der Waals surface area contributed by atoms with Crippen molar-refractivity contribution in [2.45, 2.75) is 71.6 Å². The van der Waals surface area contributed by atoms with Crippen LogP contribution in [0.3, 0.4) is 0 Å². The Labute approximate surface area is 152 Å². The van der Waals surface area contributed by atoms with Gasteiger partial charge in [0.05, 0.1) is 0 Å². The maximum Gasteiger partial charge on any atom is 0.303 e. The van der Waals surface area contributed by atoms with Crippen LogP contribution in [-0.2, 0) is 9.59 Å².